The lowest BCUT2D eigenvalue weighted by molar-refractivity contribution is -0.274. The van der Waals surface area contributed by atoms with E-state index in [1.54, 1.807) is 16.9 Å². The fraction of sp³-hybridized carbons (Fsp3) is 0.450. The summed E-state index contributed by atoms with van der Waals surface area (Å²) in [5, 5.41) is 4.70. The summed E-state index contributed by atoms with van der Waals surface area (Å²) >= 11 is 1.14. The zero-order valence-corrected chi connectivity index (χ0v) is 19.4. The van der Waals surface area contributed by atoms with Crippen LogP contribution in [-0.2, 0) is 11.3 Å². The maximum Gasteiger partial charge on any atom is 0.573 e. The minimum absolute atomic E-state index is 0. The highest BCUT2D eigenvalue weighted by molar-refractivity contribution is 7.22. The molecule has 0 saturated carbocycles. The van der Waals surface area contributed by atoms with E-state index in [2.05, 4.69) is 19.7 Å². The molecule has 0 N–H and O–H groups in total. The first-order valence-electron chi connectivity index (χ1n) is 10.1. The number of carbonyl (C=O) groups excluding carboxylic acids is 1. The van der Waals surface area contributed by atoms with E-state index in [4.69, 9.17) is 4.74 Å². The van der Waals surface area contributed by atoms with Gasteiger partial charge in [-0.25, -0.2) is 4.98 Å². The van der Waals surface area contributed by atoms with Gasteiger partial charge in [0.15, 0.2) is 10.8 Å². The lowest BCUT2D eigenvalue weighted by Crippen LogP contribution is -2.43. The van der Waals surface area contributed by atoms with Crippen LogP contribution in [0.25, 0.3) is 10.2 Å². The minimum Gasteiger partial charge on any atom is -0.406 e. The van der Waals surface area contributed by atoms with E-state index in [0.29, 0.717) is 48.2 Å². The van der Waals surface area contributed by atoms with Crippen LogP contribution in [0.1, 0.15) is 17.4 Å². The van der Waals surface area contributed by atoms with Gasteiger partial charge < -0.3 is 9.47 Å². The number of nitrogens with zero attached hydrogens (tertiary/aromatic N) is 5. The second kappa shape index (κ2) is 10.7. The molecule has 0 radical (unpaired) electrons. The van der Waals surface area contributed by atoms with Crippen molar-refractivity contribution in [2.24, 2.45) is 0 Å². The number of rotatable bonds is 7. The van der Waals surface area contributed by atoms with Crippen LogP contribution in [0.4, 0.5) is 18.3 Å². The van der Waals surface area contributed by atoms with Crippen LogP contribution in [0.15, 0.2) is 30.5 Å². The molecule has 0 bridgehead atoms. The molecule has 0 aliphatic carbocycles. The number of ether oxygens (including phenoxy) is 2. The van der Waals surface area contributed by atoms with Crippen molar-refractivity contribution >= 4 is 45.0 Å². The van der Waals surface area contributed by atoms with Crippen molar-refractivity contribution in [1.82, 2.24) is 19.7 Å². The van der Waals surface area contributed by atoms with Crippen molar-refractivity contribution in [1.29, 1.82) is 0 Å². The van der Waals surface area contributed by atoms with Crippen LogP contribution in [0.2, 0.25) is 0 Å². The number of halogens is 4. The fourth-order valence-corrected chi connectivity index (χ4v) is 4.36. The summed E-state index contributed by atoms with van der Waals surface area (Å²) in [5.41, 5.74) is 0.775. The number of hydrogen-bond acceptors (Lipinski definition) is 7. The first-order valence-corrected chi connectivity index (χ1v) is 11.0. The highest BCUT2D eigenvalue weighted by Gasteiger charge is 2.31. The molecule has 4 rings (SSSR count). The number of fused-ring (bicyclic) bond motifs is 1. The normalized spacial score (nSPS) is 14.8. The zero-order valence-electron chi connectivity index (χ0n) is 17.7. The van der Waals surface area contributed by atoms with E-state index in [9.17, 15) is 18.0 Å². The average molecular weight is 506 g/mol. The Bertz CT molecular complexity index is 1080. The third kappa shape index (κ3) is 6.34. The largest absolute Gasteiger partial charge is 0.573 e. The summed E-state index contributed by atoms with van der Waals surface area (Å²) < 4.78 is 49.2. The van der Waals surface area contributed by atoms with Crippen molar-refractivity contribution in [2.45, 2.75) is 19.8 Å². The summed E-state index contributed by atoms with van der Waals surface area (Å²) in [6, 6.07) is 5.59. The average Bonchev–Trinajstić information content (AvgIpc) is 3.40. The monoisotopic (exact) mass is 505 g/mol. The molecular weight excluding hydrogens is 483 g/mol. The van der Waals surface area contributed by atoms with E-state index >= 15 is 0 Å². The first kappa shape index (κ1) is 25.2. The number of aromatic nitrogens is 3. The number of benzene rings is 1. The van der Waals surface area contributed by atoms with Gasteiger partial charge in [-0.2, -0.15) is 5.10 Å². The van der Waals surface area contributed by atoms with Crippen molar-refractivity contribution < 1.29 is 27.4 Å². The predicted molar refractivity (Wildman–Crippen MR) is 120 cm³/mol. The van der Waals surface area contributed by atoms with Crippen molar-refractivity contribution in [3.05, 3.63) is 36.2 Å². The van der Waals surface area contributed by atoms with Gasteiger partial charge in [-0.1, -0.05) is 11.3 Å². The van der Waals surface area contributed by atoms with Crippen molar-refractivity contribution in [3.63, 3.8) is 0 Å². The first-order chi connectivity index (χ1) is 15.3. The molecule has 0 unspecified atom stereocenters. The molecule has 1 amide bonds. The van der Waals surface area contributed by atoms with Gasteiger partial charge in [-0.15, -0.1) is 25.6 Å². The number of anilines is 1. The second-order valence-corrected chi connectivity index (χ2v) is 8.15. The quantitative estimate of drug-likeness (QED) is 0.486. The van der Waals surface area contributed by atoms with Crippen LogP contribution >= 0.6 is 23.7 Å². The van der Waals surface area contributed by atoms with Gasteiger partial charge in [-0.05, 0) is 25.1 Å². The molecule has 1 aliphatic heterocycles. The molecule has 3 aromatic rings. The van der Waals surface area contributed by atoms with Crippen molar-refractivity contribution in [3.8, 4) is 5.75 Å². The highest BCUT2D eigenvalue weighted by atomic mass is 35.5. The lowest BCUT2D eigenvalue weighted by Gasteiger charge is -2.29. The molecule has 1 fully saturated rings. The topological polar surface area (TPSA) is 72.7 Å². The summed E-state index contributed by atoms with van der Waals surface area (Å²) in [6.45, 7) is 6.34. The van der Waals surface area contributed by atoms with Gasteiger partial charge in [-0.3, -0.25) is 19.3 Å². The number of amides is 1. The van der Waals surface area contributed by atoms with Gasteiger partial charge in [0.2, 0.25) is 0 Å². The maximum absolute atomic E-state index is 13.3. The van der Waals surface area contributed by atoms with Crippen LogP contribution in [0, 0.1) is 0 Å². The molecule has 8 nitrogen and oxygen atoms in total. The number of hydrogen-bond donors (Lipinski definition) is 0. The van der Waals surface area contributed by atoms with Gasteiger partial charge in [0.25, 0.3) is 5.91 Å². The second-order valence-electron chi connectivity index (χ2n) is 7.14. The van der Waals surface area contributed by atoms with E-state index < -0.39 is 6.36 Å². The SMILES string of the molecule is CCn1ccc(C(=O)N(CCN2CCOCC2)c2nc3ccc(OC(F)(F)F)cc3s2)n1.Cl. The van der Waals surface area contributed by atoms with Gasteiger partial charge >= 0.3 is 6.36 Å². The summed E-state index contributed by atoms with van der Waals surface area (Å²) in [4.78, 5) is 21.5. The lowest BCUT2D eigenvalue weighted by atomic mass is 10.3. The molecule has 33 heavy (non-hydrogen) atoms. The molecule has 1 aromatic carbocycles. The number of carbonyl (C=O) groups is 1. The summed E-state index contributed by atoms with van der Waals surface area (Å²) in [5.74, 6) is -0.635. The Hall–Kier alpha value is -2.41. The van der Waals surface area contributed by atoms with Crippen LogP contribution in [0.5, 0.6) is 5.75 Å². The Balaban J connectivity index is 0.00000306. The molecule has 180 valence electrons. The van der Waals surface area contributed by atoms with E-state index in [1.165, 1.54) is 23.1 Å². The molecule has 0 atom stereocenters. The van der Waals surface area contributed by atoms with Gasteiger partial charge in [0.05, 0.1) is 23.4 Å². The molecule has 3 heterocycles. The Morgan fingerprint density at radius 3 is 2.70 bits per heavy atom. The fourth-order valence-electron chi connectivity index (χ4n) is 3.35. The Labute approximate surface area is 198 Å². The van der Waals surface area contributed by atoms with E-state index in [0.717, 1.165) is 24.4 Å². The van der Waals surface area contributed by atoms with Gasteiger partial charge in [0.1, 0.15) is 5.75 Å². The number of alkyl halides is 3. The van der Waals surface area contributed by atoms with Crippen LogP contribution < -0.4 is 9.64 Å². The molecular formula is C20H23ClF3N5O3S. The Morgan fingerprint density at radius 2 is 2.03 bits per heavy atom. The maximum atomic E-state index is 13.3. The molecule has 1 aliphatic rings. The van der Waals surface area contributed by atoms with Crippen molar-refractivity contribution in [2.75, 3.05) is 44.3 Å². The number of morpholine rings is 1. The smallest absolute Gasteiger partial charge is 0.406 e. The zero-order chi connectivity index (χ0) is 22.7. The predicted octanol–water partition coefficient (Wildman–Crippen LogP) is 3.81. The summed E-state index contributed by atoms with van der Waals surface area (Å²) in [6.07, 6.45) is -3.05. The van der Waals surface area contributed by atoms with E-state index in [1.807, 2.05) is 6.92 Å². The Kier molecular flexibility index (Phi) is 8.16. The molecule has 0 spiro atoms. The van der Waals surface area contributed by atoms with Crippen LogP contribution in [0.3, 0.4) is 0 Å². The Morgan fingerprint density at radius 1 is 1.27 bits per heavy atom. The number of thiazole rings is 1. The molecule has 13 heteroatoms. The minimum atomic E-state index is -4.78. The summed E-state index contributed by atoms with van der Waals surface area (Å²) in [7, 11) is 0. The van der Waals surface area contributed by atoms with E-state index in [-0.39, 0.29) is 29.8 Å². The number of aryl methyl sites for hydroxylation is 1. The van der Waals surface area contributed by atoms with Crippen LogP contribution in [-0.4, -0.2) is 71.3 Å². The standard InChI is InChI=1S/C20H22F3N5O3S.ClH/c1-2-27-6-5-16(25-27)18(29)28(8-7-26-9-11-30-12-10-26)19-24-15-4-3-14(13-17(15)32-19)31-20(21,22)23;/h3-6,13H,2,7-12H2,1H3;1H. The van der Waals surface area contributed by atoms with Gasteiger partial charge in [0, 0.05) is 45.0 Å². The molecule has 2 aromatic heterocycles. The molecule has 1 saturated heterocycles. The third-order valence-corrected chi connectivity index (χ3v) is 6.03. The highest BCUT2D eigenvalue weighted by Crippen LogP contribution is 2.33. The third-order valence-electron chi connectivity index (χ3n) is 4.99.